The number of carbonyl (C=O) groups is 1. The minimum Gasteiger partial charge on any atom is -0.444 e. The van der Waals surface area contributed by atoms with E-state index >= 15 is 0 Å². The van der Waals surface area contributed by atoms with Crippen molar-refractivity contribution in [1.29, 1.82) is 0 Å². The van der Waals surface area contributed by atoms with Crippen molar-refractivity contribution in [2.24, 2.45) is 5.92 Å². The van der Waals surface area contributed by atoms with Crippen molar-refractivity contribution in [2.75, 3.05) is 19.6 Å². The van der Waals surface area contributed by atoms with Gasteiger partial charge in [-0.25, -0.2) is 4.79 Å². The largest absolute Gasteiger partial charge is 0.444 e. The lowest BCUT2D eigenvalue weighted by molar-refractivity contribution is 0.0290. The Morgan fingerprint density at radius 1 is 1.24 bits per heavy atom. The molecule has 0 bridgehead atoms. The number of hydrogen-bond acceptors (Lipinski definition) is 4. The third-order valence-electron chi connectivity index (χ3n) is 4.35. The first-order valence-electron chi connectivity index (χ1n) is 8.23. The second-order valence-electron chi connectivity index (χ2n) is 7.49. The molecule has 122 valence electrons. The molecule has 2 rings (SSSR count). The van der Waals surface area contributed by atoms with E-state index in [1.165, 1.54) is 0 Å². The van der Waals surface area contributed by atoms with E-state index in [4.69, 9.17) is 4.74 Å². The molecule has 0 aromatic heterocycles. The number of amides is 1. The van der Waals surface area contributed by atoms with Gasteiger partial charge in [0.05, 0.1) is 6.10 Å². The monoisotopic (exact) mass is 298 g/mol. The van der Waals surface area contributed by atoms with E-state index in [1.807, 2.05) is 20.8 Å². The van der Waals surface area contributed by atoms with E-state index in [9.17, 15) is 9.90 Å². The first-order valence-corrected chi connectivity index (χ1v) is 8.23. The average Bonchev–Trinajstić information content (AvgIpc) is 2.85. The minimum absolute atomic E-state index is 0.0876. The summed E-state index contributed by atoms with van der Waals surface area (Å²) in [6.45, 7) is 8.20. The van der Waals surface area contributed by atoms with Crippen molar-refractivity contribution in [3.8, 4) is 0 Å². The molecule has 0 aromatic rings. The summed E-state index contributed by atoms with van der Waals surface area (Å²) >= 11 is 0. The number of hydrogen-bond donors (Lipinski definition) is 2. The normalized spacial score (nSPS) is 30.5. The summed E-state index contributed by atoms with van der Waals surface area (Å²) in [4.78, 5) is 13.8. The van der Waals surface area contributed by atoms with Crippen molar-refractivity contribution < 1.29 is 14.6 Å². The number of nitrogens with zero attached hydrogens (tertiary/aromatic N) is 1. The topological polar surface area (TPSA) is 61.8 Å². The van der Waals surface area contributed by atoms with Crippen LogP contribution in [0.15, 0.2) is 0 Å². The maximum atomic E-state index is 12.0. The molecule has 0 radical (unpaired) electrons. The zero-order valence-electron chi connectivity index (χ0n) is 13.6. The van der Waals surface area contributed by atoms with E-state index in [0.717, 1.165) is 51.7 Å². The quantitative estimate of drug-likeness (QED) is 0.838. The number of aliphatic hydroxyl groups excluding tert-OH is 1. The van der Waals surface area contributed by atoms with Gasteiger partial charge in [-0.2, -0.15) is 0 Å². The summed E-state index contributed by atoms with van der Waals surface area (Å²) in [7, 11) is 0. The lowest BCUT2D eigenvalue weighted by atomic mass is 9.87. The van der Waals surface area contributed by atoms with Crippen molar-refractivity contribution in [1.82, 2.24) is 10.2 Å². The number of likely N-dealkylation sites (tertiary alicyclic amines) is 1. The molecule has 5 heteroatoms. The fourth-order valence-corrected chi connectivity index (χ4v) is 3.10. The molecule has 21 heavy (non-hydrogen) atoms. The summed E-state index contributed by atoms with van der Waals surface area (Å²) in [5.74, 6) is 0.670. The van der Waals surface area contributed by atoms with Gasteiger partial charge in [0.25, 0.3) is 0 Å². The predicted octanol–water partition coefficient (Wildman–Crippen LogP) is 2.14. The molecule has 1 heterocycles. The zero-order valence-corrected chi connectivity index (χ0v) is 13.6. The smallest absolute Gasteiger partial charge is 0.410 e. The Kier molecular flexibility index (Phi) is 5.49. The standard InChI is InChI=1S/C16H30N2O3/c1-16(2,3)21-15(20)18-9-8-13(11-18)17-10-12-4-6-14(19)7-5-12/h12-14,17,19H,4-11H2,1-3H3. The maximum Gasteiger partial charge on any atom is 0.410 e. The van der Waals surface area contributed by atoms with Crippen LogP contribution >= 0.6 is 0 Å². The van der Waals surface area contributed by atoms with Crippen LogP contribution in [-0.2, 0) is 4.74 Å². The molecule has 1 amide bonds. The van der Waals surface area contributed by atoms with Gasteiger partial charge in [0.2, 0.25) is 0 Å². The highest BCUT2D eigenvalue weighted by atomic mass is 16.6. The van der Waals surface area contributed by atoms with Crippen molar-refractivity contribution in [2.45, 2.75) is 70.6 Å². The minimum atomic E-state index is -0.425. The van der Waals surface area contributed by atoms with Crippen LogP contribution < -0.4 is 5.32 Å². The highest BCUT2D eigenvalue weighted by Gasteiger charge is 2.30. The summed E-state index contributed by atoms with van der Waals surface area (Å²) in [5.41, 5.74) is -0.425. The van der Waals surface area contributed by atoms with E-state index in [2.05, 4.69) is 5.32 Å². The molecule has 1 atom stereocenters. The molecule has 2 N–H and O–H groups in total. The molecule has 1 unspecified atom stereocenters. The molecule has 0 spiro atoms. The Labute approximate surface area is 128 Å². The number of aliphatic hydroxyl groups is 1. The maximum absolute atomic E-state index is 12.0. The van der Waals surface area contributed by atoms with Gasteiger partial charge in [0.1, 0.15) is 5.60 Å². The third-order valence-corrected chi connectivity index (χ3v) is 4.35. The fraction of sp³-hybridized carbons (Fsp3) is 0.938. The van der Waals surface area contributed by atoms with Crippen LogP contribution in [0, 0.1) is 5.92 Å². The second kappa shape index (κ2) is 6.97. The second-order valence-corrected chi connectivity index (χ2v) is 7.49. The summed E-state index contributed by atoms with van der Waals surface area (Å²) in [5, 5.41) is 13.1. The molecule has 1 saturated heterocycles. The lowest BCUT2D eigenvalue weighted by Crippen LogP contribution is -2.40. The van der Waals surface area contributed by atoms with Gasteiger partial charge in [0.15, 0.2) is 0 Å². The number of carbonyl (C=O) groups excluding carboxylic acids is 1. The first kappa shape index (κ1) is 16.6. The number of ether oxygens (including phenoxy) is 1. The van der Waals surface area contributed by atoms with Gasteiger partial charge in [-0.05, 0) is 65.3 Å². The molecule has 1 aliphatic carbocycles. The Bertz CT molecular complexity index is 346. The summed E-state index contributed by atoms with van der Waals surface area (Å²) in [6.07, 6.45) is 4.78. The van der Waals surface area contributed by atoms with Crippen LogP contribution in [-0.4, -0.2) is 53.5 Å². The number of rotatable bonds is 3. The highest BCUT2D eigenvalue weighted by Crippen LogP contribution is 2.24. The van der Waals surface area contributed by atoms with Gasteiger partial charge < -0.3 is 20.1 Å². The Morgan fingerprint density at radius 2 is 1.90 bits per heavy atom. The van der Waals surface area contributed by atoms with Gasteiger partial charge in [0, 0.05) is 19.1 Å². The Balaban J connectivity index is 1.67. The van der Waals surface area contributed by atoms with Gasteiger partial charge in [-0.15, -0.1) is 0 Å². The molecule has 2 aliphatic rings. The summed E-state index contributed by atoms with van der Waals surface area (Å²) in [6, 6.07) is 0.379. The molecule has 2 fully saturated rings. The van der Waals surface area contributed by atoms with Crippen LogP contribution in [0.1, 0.15) is 52.9 Å². The molecule has 1 aliphatic heterocycles. The molecular weight excluding hydrogens is 268 g/mol. The van der Waals surface area contributed by atoms with Gasteiger partial charge in [-0.1, -0.05) is 0 Å². The Morgan fingerprint density at radius 3 is 2.52 bits per heavy atom. The van der Waals surface area contributed by atoms with Crippen LogP contribution in [0.3, 0.4) is 0 Å². The van der Waals surface area contributed by atoms with E-state index in [0.29, 0.717) is 12.0 Å². The molecule has 0 aromatic carbocycles. The van der Waals surface area contributed by atoms with Crippen LogP contribution in [0.2, 0.25) is 0 Å². The van der Waals surface area contributed by atoms with Crippen molar-refractivity contribution in [3.05, 3.63) is 0 Å². The van der Waals surface area contributed by atoms with Gasteiger partial charge >= 0.3 is 6.09 Å². The van der Waals surface area contributed by atoms with E-state index in [1.54, 1.807) is 4.90 Å². The van der Waals surface area contributed by atoms with Crippen LogP contribution in [0.25, 0.3) is 0 Å². The van der Waals surface area contributed by atoms with E-state index < -0.39 is 5.60 Å². The van der Waals surface area contributed by atoms with Crippen molar-refractivity contribution in [3.63, 3.8) is 0 Å². The number of nitrogens with one attached hydrogen (secondary N) is 1. The fourth-order valence-electron chi connectivity index (χ4n) is 3.10. The SMILES string of the molecule is CC(C)(C)OC(=O)N1CCC(NCC2CCC(O)CC2)C1. The average molecular weight is 298 g/mol. The molecule has 1 saturated carbocycles. The zero-order chi connectivity index (χ0) is 15.5. The van der Waals surface area contributed by atoms with Crippen LogP contribution in [0.5, 0.6) is 0 Å². The third kappa shape index (κ3) is 5.47. The predicted molar refractivity (Wildman–Crippen MR) is 82.2 cm³/mol. The molecule has 5 nitrogen and oxygen atoms in total. The molecular formula is C16H30N2O3. The first-order chi connectivity index (χ1) is 9.83. The lowest BCUT2D eigenvalue weighted by Gasteiger charge is -2.27. The van der Waals surface area contributed by atoms with Crippen molar-refractivity contribution >= 4 is 6.09 Å². The van der Waals surface area contributed by atoms with Crippen LogP contribution in [0.4, 0.5) is 4.79 Å². The van der Waals surface area contributed by atoms with E-state index in [-0.39, 0.29) is 12.2 Å². The van der Waals surface area contributed by atoms with Gasteiger partial charge in [-0.3, -0.25) is 0 Å². The Hall–Kier alpha value is -0.810. The highest BCUT2D eigenvalue weighted by molar-refractivity contribution is 5.68. The summed E-state index contributed by atoms with van der Waals surface area (Å²) < 4.78 is 5.41.